The van der Waals surface area contributed by atoms with Gasteiger partial charge in [0, 0.05) is 5.02 Å². The van der Waals surface area contributed by atoms with Gasteiger partial charge in [0.15, 0.2) is 16.4 Å². The molecule has 5 aromatic rings. The fourth-order valence-electron chi connectivity index (χ4n) is 2.86. The fraction of sp³-hybridized carbons (Fsp3) is 0.0526. The number of aromatic amines is 1. The van der Waals surface area contributed by atoms with Gasteiger partial charge in [-0.3, -0.25) is 4.79 Å². The maximum atomic E-state index is 12.4. The summed E-state index contributed by atoms with van der Waals surface area (Å²) in [5.41, 5.74) is 2.46. The molecule has 0 amide bonds. The van der Waals surface area contributed by atoms with Crippen molar-refractivity contribution in [1.29, 1.82) is 0 Å². The number of aromatic nitrogens is 5. The number of hydrogen-bond acceptors (Lipinski definition) is 6. The third kappa shape index (κ3) is 3.06. The zero-order chi connectivity index (χ0) is 19.1. The molecule has 0 atom stereocenters. The normalized spacial score (nSPS) is 11.5. The maximum absolute atomic E-state index is 12.4. The van der Waals surface area contributed by atoms with Crippen molar-refractivity contribution in [3.8, 4) is 5.69 Å². The first kappa shape index (κ1) is 17.0. The molecule has 0 saturated heterocycles. The van der Waals surface area contributed by atoms with E-state index in [-0.39, 0.29) is 5.56 Å². The molecule has 0 saturated carbocycles. The lowest BCUT2D eigenvalue weighted by Crippen LogP contribution is -2.09. The molecule has 0 unspecified atom stereocenters. The van der Waals surface area contributed by atoms with Crippen LogP contribution < -0.4 is 5.56 Å². The molecule has 0 aliphatic heterocycles. The zero-order valence-electron chi connectivity index (χ0n) is 14.3. The number of halogens is 1. The van der Waals surface area contributed by atoms with Crippen LogP contribution in [0.5, 0.6) is 0 Å². The highest BCUT2D eigenvalue weighted by molar-refractivity contribution is 7.98. The van der Waals surface area contributed by atoms with Crippen molar-refractivity contribution in [3.05, 3.63) is 76.0 Å². The van der Waals surface area contributed by atoms with Crippen molar-refractivity contribution in [2.75, 3.05) is 0 Å². The second-order valence-corrected chi connectivity index (χ2v) is 7.41. The van der Waals surface area contributed by atoms with Crippen molar-refractivity contribution in [3.63, 3.8) is 0 Å². The monoisotopic (exact) mass is 409 g/mol. The second kappa shape index (κ2) is 6.81. The summed E-state index contributed by atoms with van der Waals surface area (Å²) in [6.07, 6.45) is 1.52. The summed E-state index contributed by atoms with van der Waals surface area (Å²) >= 11 is 7.32. The fourth-order valence-corrected chi connectivity index (χ4v) is 3.73. The van der Waals surface area contributed by atoms with Crippen molar-refractivity contribution in [2.24, 2.45) is 0 Å². The van der Waals surface area contributed by atoms with E-state index >= 15 is 0 Å². The van der Waals surface area contributed by atoms with Gasteiger partial charge in [0.25, 0.3) is 5.56 Å². The summed E-state index contributed by atoms with van der Waals surface area (Å²) in [4.78, 5) is 24.2. The molecule has 0 bridgehead atoms. The molecule has 28 heavy (non-hydrogen) atoms. The summed E-state index contributed by atoms with van der Waals surface area (Å²) in [6, 6.07) is 14.8. The molecular weight excluding hydrogens is 398 g/mol. The molecule has 0 aliphatic rings. The van der Waals surface area contributed by atoms with Gasteiger partial charge in [-0.15, -0.1) is 0 Å². The molecule has 0 fully saturated rings. The van der Waals surface area contributed by atoms with Gasteiger partial charge in [-0.05, 0) is 30.3 Å². The van der Waals surface area contributed by atoms with Gasteiger partial charge in [-0.1, -0.05) is 41.6 Å². The number of para-hydroxylation sites is 1. The van der Waals surface area contributed by atoms with Gasteiger partial charge in [0.05, 0.1) is 17.6 Å². The highest BCUT2D eigenvalue weighted by Gasteiger charge is 2.13. The SMILES string of the molecule is O=c1[nH]c(SCc2nc3cc(Cl)ccc3o2)nc2c1cnn2-c1ccccc1. The number of hydrogen-bond donors (Lipinski definition) is 1. The summed E-state index contributed by atoms with van der Waals surface area (Å²) in [5.74, 6) is 0.946. The van der Waals surface area contributed by atoms with E-state index in [1.807, 2.05) is 30.3 Å². The smallest absolute Gasteiger partial charge is 0.262 e. The highest BCUT2D eigenvalue weighted by Crippen LogP contribution is 2.25. The Morgan fingerprint density at radius 3 is 2.86 bits per heavy atom. The lowest BCUT2D eigenvalue weighted by molar-refractivity contribution is 0.556. The molecule has 3 heterocycles. The van der Waals surface area contributed by atoms with Gasteiger partial charge in [-0.2, -0.15) is 5.10 Å². The number of rotatable bonds is 4. The molecular formula is C19H12ClN5O2S. The van der Waals surface area contributed by atoms with E-state index in [0.717, 1.165) is 5.69 Å². The van der Waals surface area contributed by atoms with Crippen LogP contribution in [-0.4, -0.2) is 24.7 Å². The van der Waals surface area contributed by atoms with Gasteiger partial charge < -0.3 is 9.40 Å². The topological polar surface area (TPSA) is 89.6 Å². The molecule has 7 nitrogen and oxygen atoms in total. The van der Waals surface area contributed by atoms with Crippen molar-refractivity contribution >= 4 is 45.5 Å². The first-order valence-electron chi connectivity index (χ1n) is 8.38. The number of fused-ring (bicyclic) bond motifs is 2. The minimum absolute atomic E-state index is 0.237. The minimum Gasteiger partial charge on any atom is -0.440 e. The van der Waals surface area contributed by atoms with Crippen LogP contribution in [0.1, 0.15) is 5.89 Å². The van der Waals surface area contributed by atoms with Crippen molar-refractivity contribution in [2.45, 2.75) is 10.9 Å². The maximum Gasteiger partial charge on any atom is 0.262 e. The predicted octanol–water partition coefficient (Wildman–Crippen LogP) is 4.20. The van der Waals surface area contributed by atoms with Crippen LogP contribution in [0.15, 0.2) is 69.1 Å². The van der Waals surface area contributed by atoms with E-state index in [2.05, 4.69) is 20.1 Å². The average Bonchev–Trinajstić information content (AvgIpc) is 3.30. The van der Waals surface area contributed by atoms with Crippen LogP contribution in [0.2, 0.25) is 5.02 Å². The van der Waals surface area contributed by atoms with E-state index in [9.17, 15) is 4.79 Å². The number of oxazole rings is 1. The number of benzene rings is 2. The van der Waals surface area contributed by atoms with Crippen LogP contribution in [0.4, 0.5) is 0 Å². The summed E-state index contributed by atoms with van der Waals surface area (Å²) in [7, 11) is 0. The Bertz CT molecular complexity index is 1360. The van der Waals surface area contributed by atoms with Crippen LogP contribution in [0, 0.1) is 0 Å². The lowest BCUT2D eigenvalue weighted by Gasteiger charge is -2.03. The second-order valence-electron chi connectivity index (χ2n) is 6.01. The number of nitrogens with one attached hydrogen (secondary N) is 1. The minimum atomic E-state index is -0.237. The van der Waals surface area contributed by atoms with Crippen LogP contribution in [0.3, 0.4) is 0 Å². The molecule has 2 aromatic carbocycles. The third-order valence-corrected chi connectivity index (χ3v) is 5.24. The molecule has 138 valence electrons. The quantitative estimate of drug-likeness (QED) is 0.353. The number of thioether (sulfide) groups is 1. The third-order valence-electron chi connectivity index (χ3n) is 4.14. The Morgan fingerprint density at radius 1 is 1.14 bits per heavy atom. The summed E-state index contributed by atoms with van der Waals surface area (Å²) < 4.78 is 7.36. The summed E-state index contributed by atoms with van der Waals surface area (Å²) in [5, 5.41) is 5.81. The Balaban J connectivity index is 1.47. The standard InChI is InChI=1S/C19H12ClN5O2S/c20-11-6-7-15-14(8-11)22-16(27-15)10-28-19-23-17-13(18(26)24-19)9-21-25(17)12-4-2-1-3-5-12/h1-9H,10H2,(H,23,24,26). The lowest BCUT2D eigenvalue weighted by atomic mass is 10.3. The van der Waals surface area contributed by atoms with E-state index in [0.29, 0.717) is 44.0 Å². The van der Waals surface area contributed by atoms with Gasteiger partial charge in [0.1, 0.15) is 10.9 Å². The zero-order valence-corrected chi connectivity index (χ0v) is 15.9. The van der Waals surface area contributed by atoms with Crippen LogP contribution >= 0.6 is 23.4 Å². The van der Waals surface area contributed by atoms with E-state index in [1.165, 1.54) is 18.0 Å². The molecule has 0 radical (unpaired) electrons. The molecule has 3 aromatic heterocycles. The van der Waals surface area contributed by atoms with Gasteiger partial charge in [0.2, 0.25) is 5.89 Å². The molecule has 5 rings (SSSR count). The van der Waals surface area contributed by atoms with E-state index in [1.54, 1.807) is 22.9 Å². The largest absolute Gasteiger partial charge is 0.440 e. The molecule has 1 N–H and O–H groups in total. The molecule has 0 aliphatic carbocycles. The predicted molar refractivity (Wildman–Crippen MR) is 108 cm³/mol. The van der Waals surface area contributed by atoms with Crippen LogP contribution in [-0.2, 0) is 5.75 Å². The average molecular weight is 410 g/mol. The number of nitrogens with zero attached hydrogens (tertiary/aromatic N) is 4. The molecule has 0 spiro atoms. The first-order valence-corrected chi connectivity index (χ1v) is 9.75. The van der Waals surface area contributed by atoms with Crippen molar-refractivity contribution < 1.29 is 4.42 Å². The van der Waals surface area contributed by atoms with Crippen LogP contribution in [0.25, 0.3) is 27.8 Å². The molecule has 9 heteroatoms. The van der Waals surface area contributed by atoms with E-state index in [4.69, 9.17) is 16.0 Å². The first-order chi connectivity index (χ1) is 13.7. The van der Waals surface area contributed by atoms with Gasteiger partial charge in [-0.25, -0.2) is 14.6 Å². The van der Waals surface area contributed by atoms with Gasteiger partial charge >= 0.3 is 0 Å². The summed E-state index contributed by atoms with van der Waals surface area (Å²) in [6.45, 7) is 0. The Hall–Kier alpha value is -3.10. The number of H-pyrrole nitrogens is 1. The Kier molecular flexibility index (Phi) is 4.14. The Morgan fingerprint density at radius 2 is 2.00 bits per heavy atom. The highest BCUT2D eigenvalue weighted by atomic mass is 35.5. The van der Waals surface area contributed by atoms with Crippen molar-refractivity contribution in [1.82, 2.24) is 24.7 Å². The van der Waals surface area contributed by atoms with E-state index < -0.39 is 0 Å². The Labute approximate surface area is 167 Å².